The van der Waals surface area contributed by atoms with Gasteiger partial charge in [-0.25, -0.2) is 0 Å². The third-order valence-electron chi connectivity index (χ3n) is 1.37. The van der Waals surface area contributed by atoms with Crippen LogP contribution in [0.3, 0.4) is 0 Å². The molecule has 0 aromatic heterocycles. The highest BCUT2D eigenvalue weighted by molar-refractivity contribution is 5.82. The van der Waals surface area contributed by atoms with Crippen LogP contribution in [0.15, 0.2) is 0 Å². The van der Waals surface area contributed by atoms with Gasteiger partial charge in [0.2, 0.25) is 5.91 Å². The Morgan fingerprint density at radius 1 is 1.38 bits per heavy atom. The van der Waals surface area contributed by atoms with E-state index >= 15 is 0 Å². The van der Waals surface area contributed by atoms with E-state index < -0.39 is 0 Å². The molecule has 0 rings (SSSR count). The highest BCUT2D eigenvalue weighted by Gasteiger charge is 2.15. The molecule has 1 amide bonds. The lowest BCUT2D eigenvalue weighted by Gasteiger charge is -2.06. The second-order valence-corrected chi connectivity index (χ2v) is 2.30. The Hall–Kier alpha value is -1.06. The summed E-state index contributed by atoms with van der Waals surface area (Å²) in [6.07, 6.45) is 0.184. The van der Waals surface area contributed by atoms with Gasteiger partial charge in [0.25, 0.3) is 0 Å². The minimum atomic E-state index is -0.361. The smallest absolute Gasteiger partial charge is 0.308 e. The summed E-state index contributed by atoms with van der Waals surface area (Å²) in [6.45, 7) is 5.65. The zero-order valence-electron chi connectivity index (χ0n) is 9.01. The van der Waals surface area contributed by atoms with E-state index in [0.717, 1.165) is 0 Å². The predicted octanol–water partition coefficient (Wildman–Crippen LogP) is 0.958. The Bertz CT molecular complexity index is 157. The molecule has 0 aromatic rings. The molecule has 0 saturated heterocycles. The molecular formula is C9H19NO3. The van der Waals surface area contributed by atoms with Crippen molar-refractivity contribution >= 4 is 11.9 Å². The van der Waals surface area contributed by atoms with Gasteiger partial charge in [0, 0.05) is 13.5 Å². The molecule has 0 spiro atoms. The number of rotatable bonds is 3. The van der Waals surface area contributed by atoms with E-state index in [4.69, 9.17) is 0 Å². The van der Waals surface area contributed by atoms with Crippen molar-refractivity contribution in [2.24, 2.45) is 5.92 Å². The maximum Gasteiger partial charge on any atom is 0.308 e. The van der Waals surface area contributed by atoms with Crippen molar-refractivity contribution in [2.75, 3.05) is 14.2 Å². The van der Waals surface area contributed by atoms with E-state index in [1.807, 2.05) is 13.8 Å². The monoisotopic (exact) mass is 189 g/mol. The lowest BCUT2D eigenvalue weighted by molar-refractivity contribution is -0.146. The van der Waals surface area contributed by atoms with Crippen LogP contribution in [0.25, 0.3) is 0 Å². The summed E-state index contributed by atoms with van der Waals surface area (Å²) in [5.74, 6) is -0.864. The van der Waals surface area contributed by atoms with Gasteiger partial charge >= 0.3 is 5.97 Å². The quantitative estimate of drug-likeness (QED) is 0.673. The molecule has 13 heavy (non-hydrogen) atoms. The molecule has 1 atom stereocenters. The number of ether oxygens (including phenoxy) is 1. The molecule has 0 aliphatic rings. The highest BCUT2D eigenvalue weighted by atomic mass is 16.5. The van der Waals surface area contributed by atoms with Crippen molar-refractivity contribution in [2.45, 2.75) is 27.2 Å². The molecule has 0 saturated carbocycles. The normalized spacial score (nSPS) is 10.5. The van der Waals surface area contributed by atoms with Gasteiger partial charge in [-0.2, -0.15) is 0 Å². The largest absolute Gasteiger partial charge is 0.469 e. The SMILES string of the molecule is CC.CNC(=O)CC(C)C(=O)OC. The van der Waals surface area contributed by atoms with Crippen LogP contribution >= 0.6 is 0 Å². The van der Waals surface area contributed by atoms with Crippen LogP contribution in [0.5, 0.6) is 0 Å². The molecule has 0 aliphatic carbocycles. The van der Waals surface area contributed by atoms with E-state index in [2.05, 4.69) is 10.1 Å². The molecule has 4 nitrogen and oxygen atoms in total. The highest BCUT2D eigenvalue weighted by Crippen LogP contribution is 2.02. The summed E-state index contributed by atoms with van der Waals surface area (Å²) in [7, 11) is 2.84. The Labute approximate surface area is 79.7 Å². The number of amides is 1. The van der Waals surface area contributed by atoms with Crippen molar-refractivity contribution in [3.8, 4) is 0 Å². The third-order valence-corrected chi connectivity index (χ3v) is 1.37. The summed E-state index contributed by atoms with van der Waals surface area (Å²) in [5, 5.41) is 2.43. The minimum Gasteiger partial charge on any atom is -0.469 e. The predicted molar refractivity (Wildman–Crippen MR) is 51.2 cm³/mol. The second kappa shape index (κ2) is 9.03. The van der Waals surface area contributed by atoms with Gasteiger partial charge in [0.1, 0.15) is 0 Å². The van der Waals surface area contributed by atoms with Gasteiger partial charge in [-0.05, 0) is 0 Å². The maximum atomic E-state index is 10.8. The molecule has 1 N–H and O–H groups in total. The maximum absolute atomic E-state index is 10.8. The Morgan fingerprint density at radius 2 is 1.85 bits per heavy atom. The van der Waals surface area contributed by atoms with Crippen LogP contribution in [0.1, 0.15) is 27.2 Å². The van der Waals surface area contributed by atoms with E-state index in [1.165, 1.54) is 14.2 Å². The first kappa shape index (κ1) is 14.5. The Balaban J connectivity index is 0. The number of methoxy groups -OCH3 is 1. The van der Waals surface area contributed by atoms with Crippen LogP contribution in [-0.2, 0) is 14.3 Å². The van der Waals surface area contributed by atoms with E-state index in [0.29, 0.717) is 0 Å². The first-order valence-electron chi connectivity index (χ1n) is 4.40. The van der Waals surface area contributed by atoms with Crippen LogP contribution in [0, 0.1) is 5.92 Å². The number of esters is 1. The van der Waals surface area contributed by atoms with Crippen molar-refractivity contribution in [1.82, 2.24) is 5.32 Å². The Morgan fingerprint density at radius 3 is 2.15 bits per heavy atom. The average molecular weight is 189 g/mol. The standard InChI is InChI=1S/C7H13NO3.C2H6/c1-5(7(10)11-3)4-6(9)8-2;1-2/h5H,4H2,1-3H3,(H,8,9);1-2H3. The summed E-state index contributed by atoms with van der Waals surface area (Å²) in [4.78, 5) is 21.5. The lowest BCUT2D eigenvalue weighted by atomic mass is 10.1. The molecule has 78 valence electrons. The number of carbonyl (C=O) groups is 2. The second-order valence-electron chi connectivity index (χ2n) is 2.30. The first-order valence-corrected chi connectivity index (χ1v) is 4.40. The molecule has 1 unspecified atom stereocenters. The summed E-state index contributed by atoms with van der Waals surface area (Å²) in [5.41, 5.74) is 0. The minimum absolute atomic E-state index is 0.150. The van der Waals surface area contributed by atoms with E-state index in [9.17, 15) is 9.59 Å². The number of carbonyl (C=O) groups excluding carboxylic acids is 2. The summed E-state index contributed by atoms with van der Waals surface area (Å²) >= 11 is 0. The van der Waals surface area contributed by atoms with Crippen LogP contribution in [0.4, 0.5) is 0 Å². The third kappa shape index (κ3) is 7.31. The lowest BCUT2D eigenvalue weighted by Crippen LogP contribution is -2.24. The Kier molecular flexibility index (Phi) is 10.0. The molecule has 0 aromatic carbocycles. The topological polar surface area (TPSA) is 55.4 Å². The average Bonchev–Trinajstić information content (AvgIpc) is 2.19. The molecule has 0 bridgehead atoms. The van der Waals surface area contributed by atoms with Gasteiger partial charge in [0.05, 0.1) is 13.0 Å². The number of hydrogen-bond donors (Lipinski definition) is 1. The molecule has 0 radical (unpaired) electrons. The zero-order valence-corrected chi connectivity index (χ0v) is 9.01. The fraction of sp³-hybridized carbons (Fsp3) is 0.778. The zero-order chi connectivity index (χ0) is 10.9. The van der Waals surface area contributed by atoms with Crippen molar-refractivity contribution in [3.63, 3.8) is 0 Å². The molecular weight excluding hydrogens is 170 g/mol. The number of hydrogen-bond acceptors (Lipinski definition) is 3. The van der Waals surface area contributed by atoms with E-state index in [-0.39, 0.29) is 24.2 Å². The van der Waals surface area contributed by atoms with Crippen LogP contribution in [-0.4, -0.2) is 26.0 Å². The van der Waals surface area contributed by atoms with Crippen LogP contribution in [0.2, 0.25) is 0 Å². The molecule has 4 heteroatoms. The van der Waals surface area contributed by atoms with E-state index in [1.54, 1.807) is 6.92 Å². The molecule has 0 heterocycles. The van der Waals surface area contributed by atoms with Gasteiger partial charge < -0.3 is 10.1 Å². The molecule has 0 aliphatic heterocycles. The fourth-order valence-corrected chi connectivity index (χ4v) is 0.665. The summed E-state index contributed by atoms with van der Waals surface area (Å²) in [6, 6.07) is 0. The van der Waals surface area contributed by atoms with Gasteiger partial charge in [-0.15, -0.1) is 0 Å². The van der Waals surface area contributed by atoms with Gasteiger partial charge in [0.15, 0.2) is 0 Å². The van der Waals surface area contributed by atoms with Crippen molar-refractivity contribution in [3.05, 3.63) is 0 Å². The molecule has 0 fully saturated rings. The summed E-state index contributed by atoms with van der Waals surface area (Å²) < 4.78 is 4.44. The van der Waals surface area contributed by atoms with Crippen LogP contribution < -0.4 is 5.32 Å². The van der Waals surface area contributed by atoms with Gasteiger partial charge in [-0.3, -0.25) is 9.59 Å². The number of nitrogens with one attached hydrogen (secondary N) is 1. The fourth-order valence-electron chi connectivity index (χ4n) is 0.665. The van der Waals surface area contributed by atoms with Gasteiger partial charge in [-0.1, -0.05) is 20.8 Å². The van der Waals surface area contributed by atoms with Crippen molar-refractivity contribution < 1.29 is 14.3 Å². The first-order chi connectivity index (χ1) is 6.11. The van der Waals surface area contributed by atoms with Crippen molar-refractivity contribution in [1.29, 1.82) is 0 Å².